The number of nitrogens with one attached hydrogen (secondary N) is 1. The van der Waals surface area contributed by atoms with Gasteiger partial charge in [0.05, 0.1) is 12.7 Å². The van der Waals surface area contributed by atoms with E-state index in [1.165, 1.54) is 0 Å². The molecule has 0 heterocycles. The number of hydrogen-bond acceptors (Lipinski definition) is 4. The van der Waals surface area contributed by atoms with Crippen LogP contribution in [0.2, 0.25) is 0 Å². The molecule has 0 radical (unpaired) electrons. The fraction of sp³-hybridized carbons (Fsp3) is 0.462. The maximum Gasteiger partial charge on any atom is 0.251 e. The summed E-state index contributed by atoms with van der Waals surface area (Å²) in [5, 5.41) is 11.8. The van der Waals surface area contributed by atoms with E-state index < -0.39 is 6.10 Å². The van der Waals surface area contributed by atoms with Gasteiger partial charge in [0.15, 0.2) is 0 Å². The minimum atomic E-state index is -0.426. The van der Waals surface area contributed by atoms with Crippen LogP contribution >= 0.6 is 0 Å². The van der Waals surface area contributed by atoms with Crippen molar-refractivity contribution < 1.29 is 14.6 Å². The molecule has 0 saturated heterocycles. The fourth-order valence-electron chi connectivity index (χ4n) is 1.50. The number of aliphatic hydroxyl groups is 1. The predicted molar refractivity (Wildman–Crippen MR) is 70.7 cm³/mol. The number of anilines is 1. The monoisotopic (exact) mass is 252 g/mol. The Morgan fingerprint density at radius 2 is 2.22 bits per heavy atom. The molecule has 1 atom stereocenters. The highest BCUT2D eigenvalue weighted by Gasteiger charge is 2.08. The number of carbonyl (C=O) groups is 1. The van der Waals surface area contributed by atoms with E-state index in [2.05, 4.69) is 5.32 Å². The van der Waals surface area contributed by atoms with E-state index in [9.17, 15) is 4.79 Å². The fourth-order valence-corrected chi connectivity index (χ4v) is 1.50. The second-order valence-corrected chi connectivity index (χ2v) is 4.12. The third-order valence-electron chi connectivity index (χ3n) is 2.35. The third kappa shape index (κ3) is 4.63. The Bertz CT molecular complexity index is 405. The van der Waals surface area contributed by atoms with Crippen LogP contribution in [0.4, 0.5) is 5.69 Å². The minimum Gasteiger partial charge on any atom is -0.494 e. The van der Waals surface area contributed by atoms with Crippen LogP contribution in [-0.2, 0) is 0 Å². The molecule has 1 amide bonds. The summed E-state index contributed by atoms with van der Waals surface area (Å²) in [5.74, 6) is 0.363. The summed E-state index contributed by atoms with van der Waals surface area (Å²) >= 11 is 0. The van der Waals surface area contributed by atoms with Gasteiger partial charge in [-0.3, -0.25) is 4.79 Å². The summed E-state index contributed by atoms with van der Waals surface area (Å²) in [6.45, 7) is 4.49. The lowest BCUT2D eigenvalue weighted by Crippen LogP contribution is -2.26. The molecule has 18 heavy (non-hydrogen) atoms. The number of rotatable bonds is 6. The number of carbonyl (C=O) groups excluding carboxylic acids is 1. The summed E-state index contributed by atoms with van der Waals surface area (Å²) in [6.07, 6.45) is 0.0944. The van der Waals surface area contributed by atoms with E-state index in [4.69, 9.17) is 15.6 Å². The van der Waals surface area contributed by atoms with Crippen molar-refractivity contribution in [3.8, 4) is 5.75 Å². The van der Waals surface area contributed by atoms with Gasteiger partial charge in [-0.25, -0.2) is 0 Å². The van der Waals surface area contributed by atoms with Crippen LogP contribution in [0.5, 0.6) is 5.75 Å². The van der Waals surface area contributed by atoms with Crippen molar-refractivity contribution in [1.29, 1.82) is 0 Å². The van der Waals surface area contributed by atoms with E-state index >= 15 is 0 Å². The molecule has 1 aromatic carbocycles. The molecule has 4 N–H and O–H groups in total. The number of aliphatic hydroxyl groups excluding tert-OH is 1. The summed E-state index contributed by atoms with van der Waals surface area (Å²) in [7, 11) is 0. The average Bonchev–Trinajstić information content (AvgIpc) is 2.28. The first kappa shape index (κ1) is 14.3. The van der Waals surface area contributed by atoms with E-state index in [1.807, 2.05) is 6.92 Å². The second kappa shape index (κ2) is 6.86. The molecule has 100 valence electrons. The average molecular weight is 252 g/mol. The van der Waals surface area contributed by atoms with Crippen LogP contribution in [0.3, 0.4) is 0 Å². The quantitative estimate of drug-likeness (QED) is 0.663. The summed E-state index contributed by atoms with van der Waals surface area (Å²) in [5.41, 5.74) is 6.65. The SMILES string of the molecule is CCOc1cc(N)cc(C(=O)NCCC(C)O)c1. The first-order valence-electron chi connectivity index (χ1n) is 6.02. The third-order valence-corrected chi connectivity index (χ3v) is 2.35. The smallest absolute Gasteiger partial charge is 0.251 e. The van der Waals surface area contributed by atoms with E-state index in [0.29, 0.717) is 36.6 Å². The van der Waals surface area contributed by atoms with E-state index in [1.54, 1.807) is 25.1 Å². The van der Waals surface area contributed by atoms with Gasteiger partial charge in [-0.15, -0.1) is 0 Å². The van der Waals surface area contributed by atoms with Crippen LogP contribution in [0.15, 0.2) is 18.2 Å². The molecule has 5 heteroatoms. The van der Waals surface area contributed by atoms with Gasteiger partial charge in [-0.1, -0.05) is 0 Å². The van der Waals surface area contributed by atoms with Gasteiger partial charge in [0.1, 0.15) is 5.75 Å². The molecular weight excluding hydrogens is 232 g/mol. The zero-order valence-electron chi connectivity index (χ0n) is 10.8. The van der Waals surface area contributed by atoms with Gasteiger partial charge in [0.25, 0.3) is 5.91 Å². The molecular formula is C13H20N2O3. The van der Waals surface area contributed by atoms with Crippen LogP contribution in [0.25, 0.3) is 0 Å². The molecule has 1 aromatic rings. The maximum atomic E-state index is 11.8. The standard InChI is InChI=1S/C13H20N2O3/c1-3-18-12-7-10(6-11(14)8-12)13(17)15-5-4-9(2)16/h6-9,16H,3-5,14H2,1-2H3,(H,15,17). The first-order valence-corrected chi connectivity index (χ1v) is 6.02. The Labute approximate surface area is 107 Å². The lowest BCUT2D eigenvalue weighted by atomic mass is 10.1. The maximum absolute atomic E-state index is 11.8. The Morgan fingerprint density at radius 3 is 2.83 bits per heavy atom. The second-order valence-electron chi connectivity index (χ2n) is 4.12. The van der Waals surface area contributed by atoms with Crippen molar-refractivity contribution in [2.45, 2.75) is 26.4 Å². The molecule has 0 bridgehead atoms. The largest absolute Gasteiger partial charge is 0.494 e. The number of hydrogen-bond donors (Lipinski definition) is 3. The molecule has 0 aliphatic heterocycles. The van der Waals surface area contributed by atoms with Crippen molar-refractivity contribution >= 4 is 11.6 Å². The lowest BCUT2D eigenvalue weighted by molar-refractivity contribution is 0.0945. The molecule has 0 fully saturated rings. The number of benzene rings is 1. The number of amides is 1. The van der Waals surface area contributed by atoms with Crippen LogP contribution in [-0.4, -0.2) is 30.3 Å². The van der Waals surface area contributed by atoms with Gasteiger partial charge in [-0.2, -0.15) is 0 Å². The van der Waals surface area contributed by atoms with E-state index in [-0.39, 0.29) is 5.91 Å². The number of ether oxygens (including phenoxy) is 1. The molecule has 5 nitrogen and oxygen atoms in total. The van der Waals surface area contributed by atoms with Crippen molar-refractivity contribution in [3.63, 3.8) is 0 Å². The van der Waals surface area contributed by atoms with Crippen LogP contribution < -0.4 is 15.8 Å². The van der Waals surface area contributed by atoms with E-state index in [0.717, 1.165) is 0 Å². The summed E-state index contributed by atoms with van der Waals surface area (Å²) < 4.78 is 5.32. The molecule has 0 aromatic heterocycles. The Balaban J connectivity index is 2.66. The van der Waals surface area contributed by atoms with Gasteiger partial charge in [0, 0.05) is 23.9 Å². The molecule has 0 spiro atoms. The van der Waals surface area contributed by atoms with Crippen LogP contribution in [0, 0.1) is 0 Å². The normalized spacial score (nSPS) is 11.9. The van der Waals surface area contributed by atoms with Crippen molar-refractivity contribution in [2.75, 3.05) is 18.9 Å². The molecule has 1 unspecified atom stereocenters. The topological polar surface area (TPSA) is 84.6 Å². The van der Waals surface area contributed by atoms with Gasteiger partial charge >= 0.3 is 0 Å². The minimum absolute atomic E-state index is 0.219. The highest BCUT2D eigenvalue weighted by molar-refractivity contribution is 5.95. The highest BCUT2D eigenvalue weighted by atomic mass is 16.5. The predicted octanol–water partition coefficient (Wildman–Crippen LogP) is 1.17. The molecule has 0 aliphatic carbocycles. The molecule has 0 saturated carbocycles. The molecule has 1 rings (SSSR count). The van der Waals surface area contributed by atoms with Crippen molar-refractivity contribution in [2.24, 2.45) is 0 Å². The first-order chi connectivity index (χ1) is 8.52. The zero-order valence-corrected chi connectivity index (χ0v) is 10.8. The molecule has 0 aliphatic rings. The Morgan fingerprint density at radius 1 is 1.50 bits per heavy atom. The summed E-state index contributed by atoms with van der Waals surface area (Å²) in [4.78, 5) is 11.8. The van der Waals surface area contributed by atoms with Crippen molar-refractivity contribution in [1.82, 2.24) is 5.32 Å². The Kier molecular flexibility index (Phi) is 5.45. The number of nitrogens with two attached hydrogens (primary N) is 1. The van der Waals surface area contributed by atoms with Gasteiger partial charge < -0.3 is 20.9 Å². The number of nitrogen functional groups attached to an aromatic ring is 1. The lowest BCUT2D eigenvalue weighted by Gasteiger charge is -2.09. The van der Waals surface area contributed by atoms with Crippen LogP contribution in [0.1, 0.15) is 30.6 Å². The highest BCUT2D eigenvalue weighted by Crippen LogP contribution is 2.18. The van der Waals surface area contributed by atoms with Gasteiger partial charge in [-0.05, 0) is 32.4 Å². The van der Waals surface area contributed by atoms with Crippen molar-refractivity contribution in [3.05, 3.63) is 23.8 Å². The zero-order chi connectivity index (χ0) is 13.5. The van der Waals surface area contributed by atoms with Gasteiger partial charge in [0.2, 0.25) is 0 Å². The Hall–Kier alpha value is -1.75. The summed E-state index contributed by atoms with van der Waals surface area (Å²) in [6, 6.07) is 4.92.